The van der Waals surface area contributed by atoms with E-state index < -0.39 is 6.04 Å². The van der Waals surface area contributed by atoms with Crippen LogP contribution in [0.3, 0.4) is 0 Å². The zero-order valence-electron chi connectivity index (χ0n) is 14.0. The second-order valence-corrected chi connectivity index (χ2v) is 6.30. The van der Waals surface area contributed by atoms with E-state index >= 15 is 0 Å². The number of benzene rings is 1. The molecule has 2 aromatic rings. The van der Waals surface area contributed by atoms with Gasteiger partial charge in [-0.25, -0.2) is 0 Å². The minimum Gasteiger partial charge on any atom is -0.496 e. The van der Waals surface area contributed by atoms with Crippen LogP contribution in [0.2, 0.25) is 5.02 Å². The fourth-order valence-electron chi connectivity index (χ4n) is 2.98. The van der Waals surface area contributed by atoms with Crippen molar-refractivity contribution in [3.63, 3.8) is 0 Å². The number of aryl methyl sites for hydroxylation is 1. The molecule has 8 heteroatoms. The number of likely N-dealkylation sites (tertiary alicyclic amines) is 1. The molecule has 0 aliphatic carbocycles. The van der Waals surface area contributed by atoms with Gasteiger partial charge in [-0.2, -0.15) is 5.10 Å². The summed E-state index contributed by atoms with van der Waals surface area (Å²) in [6.07, 6.45) is 3.10. The zero-order valence-corrected chi connectivity index (χ0v) is 14.8. The molecule has 1 atom stereocenters. The summed E-state index contributed by atoms with van der Waals surface area (Å²) in [5.41, 5.74) is 0.354. The number of hydrogen-bond donors (Lipinski definition) is 1. The number of nitrogens with zero attached hydrogens (tertiary/aromatic N) is 3. The maximum Gasteiger partial charge on any atom is 0.258 e. The highest BCUT2D eigenvalue weighted by atomic mass is 35.5. The summed E-state index contributed by atoms with van der Waals surface area (Å²) in [4.78, 5) is 27.1. The van der Waals surface area contributed by atoms with Gasteiger partial charge in [0, 0.05) is 30.9 Å². The summed E-state index contributed by atoms with van der Waals surface area (Å²) in [5.74, 6) is 0.390. The standard InChI is InChI=1S/C17H19ClN4O3/c1-21-9-7-15(20-21)19-16(23)13-4-3-8-22(13)17(24)12-10-11(18)5-6-14(12)25-2/h5-7,9-10,13H,3-4,8H2,1-2H3,(H,19,20,23). The lowest BCUT2D eigenvalue weighted by atomic mass is 10.1. The molecule has 1 aromatic carbocycles. The van der Waals surface area contributed by atoms with Gasteiger partial charge >= 0.3 is 0 Å². The van der Waals surface area contributed by atoms with Crippen molar-refractivity contribution in [2.24, 2.45) is 7.05 Å². The van der Waals surface area contributed by atoms with Gasteiger partial charge in [-0.15, -0.1) is 0 Å². The first-order valence-corrected chi connectivity index (χ1v) is 8.32. The Hall–Kier alpha value is -2.54. The zero-order chi connectivity index (χ0) is 18.0. The van der Waals surface area contributed by atoms with Crippen molar-refractivity contribution >= 4 is 29.2 Å². The van der Waals surface area contributed by atoms with E-state index in [0.717, 1.165) is 6.42 Å². The van der Waals surface area contributed by atoms with Crippen molar-refractivity contribution in [3.05, 3.63) is 41.0 Å². The van der Waals surface area contributed by atoms with Crippen molar-refractivity contribution in [1.29, 1.82) is 0 Å². The molecule has 3 rings (SSSR count). The van der Waals surface area contributed by atoms with Crippen LogP contribution in [-0.4, -0.2) is 46.2 Å². The lowest BCUT2D eigenvalue weighted by molar-refractivity contribution is -0.119. The molecule has 1 aromatic heterocycles. The van der Waals surface area contributed by atoms with Gasteiger partial charge in [0.15, 0.2) is 5.82 Å². The molecule has 0 spiro atoms. The molecule has 0 bridgehead atoms. The number of rotatable bonds is 4. The number of ether oxygens (including phenoxy) is 1. The summed E-state index contributed by atoms with van der Waals surface area (Å²) in [6.45, 7) is 0.509. The normalized spacial score (nSPS) is 16.8. The van der Waals surface area contributed by atoms with E-state index in [1.54, 1.807) is 47.1 Å². The topological polar surface area (TPSA) is 76.5 Å². The molecular formula is C17H19ClN4O3. The number of halogens is 1. The smallest absolute Gasteiger partial charge is 0.258 e. The predicted molar refractivity (Wildman–Crippen MR) is 93.9 cm³/mol. The second-order valence-electron chi connectivity index (χ2n) is 5.87. The van der Waals surface area contributed by atoms with Crippen LogP contribution in [0.1, 0.15) is 23.2 Å². The lowest BCUT2D eigenvalue weighted by Crippen LogP contribution is -2.43. The van der Waals surface area contributed by atoms with E-state index in [1.807, 2.05) is 0 Å². The third-order valence-corrected chi connectivity index (χ3v) is 4.41. The average Bonchev–Trinajstić information content (AvgIpc) is 3.23. The first kappa shape index (κ1) is 17.3. The SMILES string of the molecule is COc1ccc(Cl)cc1C(=O)N1CCCC1C(=O)Nc1ccn(C)n1. The quantitative estimate of drug-likeness (QED) is 0.905. The predicted octanol–water partition coefficient (Wildman–Crippen LogP) is 2.33. The minimum atomic E-state index is -0.543. The number of carbonyl (C=O) groups is 2. The van der Waals surface area contributed by atoms with E-state index in [0.29, 0.717) is 35.1 Å². The van der Waals surface area contributed by atoms with Gasteiger partial charge in [-0.3, -0.25) is 14.3 Å². The highest BCUT2D eigenvalue weighted by molar-refractivity contribution is 6.31. The highest BCUT2D eigenvalue weighted by Crippen LogP contribution is 2.28. The van der Waals surface area contributed by atoms with Crippen molar-refractivity contribution < 1.29 is 14.3 Å². The Morgan fingerprint density at radius 3 is 2.84 bits per heavy atom. The van der Waals surface area contributed by atoms with Gasteiger partial charge < -0.3 is 15.0 Å². The molecular weight excluding hydrogens is 344 g/mol. The molecule has 0 radical (unpaired) electrons. The van der Waals surface area contributed by atoms with Gasteiger partial charge in [0.2, 0.25) is 5.91 Å². The first-order valence-electron chi connectivity index (χ1n) is 7.94. The summed E-state index contributed by atoms with van der Waals surface area (Å²) in [7, 11) is 3.27. The molecule has 132 valence electrons. The van der Waals surface area contributed by atoms with Gasteiger partial charge in [-0.1, -0.05) is 11.6 Å². The number of carbonyl (C=O) groups excluding carboxylic acids is 2. The summed E-state index contributed by atoms with van der Waals surface area (Å²) in [5, 5.41) is 7.33. The molecule has 1 unspecified atom stereocenters. The van der Waals surface area contributed by atoms with Gasteiger partial charge in [0.05, 0.1) is 12.7 Å². The molecule has 1 saturated heterocycles. The molecule has 25 heavy (non-hydrogen) atoms. The minimum absolute atomic E-state index is 0.245. The maximum absolute atomic E-state index is 12.9. The van der Waals surface area contributed by atoms with Crippen LogP contribution >= 0.6 is 11.6 Å². The number of methoxy groups -OCH3 is 1. The number of nitrogens with one attached hydrogen (secondary N) is 1. The summed E-state index contributed by atoms with van der Waals surface area (Å²) < 4.78 is 6.86. The van der Waals surface area contributed by atoms with Crippen LogP contribution in [0, 0.1) is 0 Å². The van der Waals surface area contributed by atoms with Crippen molar-refractivity contribution in [1.82, 2.24) is 14.7 Å². The fourth-order valence-corrected chi connectivity index (χ4v) is 3.15. The molecule has 1 aliphatic heterocycles. The summed E-state index contributed by atoms with van der Waals surface area (Å²) >= 11 is 6.02. The molecule has 7 nitrogen and oxygen atoms in total. The first-order chi connectivity index (χ1) is 12.0. The molecule has 1 aliphatic rings. The van der Waals surface area contributed by atoms with Crippen molar-refractivity contribution in [2.45, 2.75) is 18.9 Å². The Kier molecular flexibility index (Phi) is 4.94. The largest absolute Gasteiger partial charge is 0.496 e. The average molecular weight is 363 g/mol. The van der Waals surface area contributed by atoms with E-state index in [1.165, 1.54) is 7.11 Å². The van der Waals surface area contributed by atoms with Gasteiger partial charge in [-0.05, 0) is 31.0 Å². The third kappa shape index (κ3) is 3.61. The Labute approximate surface area is 150 Å². The number of anilines is 1. The molecule has 1 fully saturated rings. The Bertz CT molecular complexity index is 805. The van der Waals surface area contributed by atoms with Crippen LogP contribution < -0.4 is 10.1 Å². The van der Waals surface area contributed by atoms with E-state index in [9.17, 15) is 9.59 Å². The molecule has 1 N–H and O–H groups in total. The van der Waals surface area contributed by atoms with Crippen LogP contribution in [0.5, 0.6) is 5.75 Å². The van der Waals surface area contributed by atoms with Gasteiger partial charge in [0.25, 0.3) is 5.91 Å². The Morgan fingerprint density at radius 1 is 1.36 bits per heavy atom. The second kappa shape index (κ2) is 7.14. The Balaban J connectivity index is 1.80. The van der Waals surface area contributed by atoms with Crippen molar-refractivity contribution in [3.8, 4) is 5.75 Å². The number of aromatic nitrogens is 2. The van der Waals surface area contributed by atoms with Gasteiger partial charge in [0.1, 0.15) is 11.8 Å². The van der Waals surface area contributed by atoms with Crippen LogP contribution in [0.25, 0.3) is 0 Å². The maximum atomic E-state index is 12.9. The fraction of sp³-hybridized carbons (Fsp3) is 0.353. The van der Waals surface area contributed by atoms with E-state index in [-0.39, 0.29) is 11.8 Å². The molecule has 0 saturated carbocycles. The Morgan fingerprint density at radius 2 is 2.16 bits per heavy atom. The van der Waals surface area contributed by atoms with Crippen LogP contribution in [0.4, 0.5) is 5.82 Å². The van der Waals surface area contributed by atoms with Crippen LogP contribution in [-0.2, 0) is 11.8 Å². The molecule has 2 heterocycles. The molecule has 2 amide bonds. The van der Waals surface area contributed by atoms with E-state index in [4.69, 9.17) is 16.3 Å². The summed E-state index contributed by atoms with van der Waals surface area (Å²) in [6, 6.07) is 6.03. The van der Waals surface area contributed by atoms with E-state index in [2.05, 4.69) is 10.4 Å². The monoisotopic (exact) mass is 362 g/mol. The van der Waals surface area contributed by atoms with Crippen LogP contribution in [0.15, 0.2) is 30.5 Å². The number of amides is 2. The van der Waals surface area contributed by atoms with Crippen molar-refractivity contribution in [2.75, 3.05) is 19.0 Å². The highest BCUT2D eigenvalue weighted by Gasteiger charge is 2.35. The third-order valence-electron chi connectivity index (χ3n) is 4.17. The number of hydrogen-bond acceptors (Lipinski definition) is 4. The lowest BCUT2D eigenvalue weighted by Gasteiger charge is -2.24.